The maximum absolute atomic E-state index is 12.2. The third-order valence-corrected chi connectivity index (χ3v) is 5.24. The summed E-state index contributed by atoms with van der Waals surface area (Å²) < 4.78 is 12.7. The first-order chi connectivity index (χ1) is 14.5. The van der Waals surface area contributed by atoms with Gasteiger partial charge in [0.2, 0.25) is 5.91 Å². The summed E-state index contributed by atoms with van der Waals surface area (Å²) in [6.45, 7) is 1.72. The third kappa shape index (κ3) is 5.60. The van der Waals surface area contributed by atoms with E-state index in [9.17, 15) is 9.59 Å². The highest BCUT2D eigenvalue weighted by molar-refractivity contribution is 7.99. The van der Waals surface area contributed by atoms with Gasteiger partial charge in [-0.1, -0.05) is 30.0 Å². The quantitative estimate of drug-likeness (QED) is 0.414. The molecule has 0 bridgehead atoms. The number of methoxy groups -OCH3 is 1. The van der Waals surface area contributed by atoms with Gasteiger partial charge in [-0.15, -0.1) is 10.2 Å². The Bertz CT molecular complexity index is 1050. The standard InChI is InChI=1S/C21H22N4O4S/c1-14(26)15-6-4-7-16(10-15)22-20(27)13-30-21-24-23-19(25(21)2)12-29-18-9-5-8-17(11-18)28-3/h4-11H,12-13H2,1-3H3,(H,22,27). The average molecular weight is 426 g/mol. The highest BCUT2D eigenvalue weighted by Gasteiger charge is 2.13. The minimum atomic E-state index is -0.196. The molecule has 0 fully saturated rings. The molecule has 2 aromatic carbocycles. The minimum absolute atomic E-state index is 0.0525. The Balaban J connectivity index is 1.53. The van der Waals surface area contributed by atoms with Crippen molar-refractivity contribution in [2.75, 3.05) is 18.2 Å². The second kappa shape index (κ2) is 9.93. The SMILES string of the molecule is COc1cccc(OCc2nnc(SCC(=O)Nc3cccc(C(C)=O)c3)n2C)c1. The predicted molar refractivity (Wildman–Crippen MR) is 114 cm³/mol. The number of nitrogens with one attached hydrogen (secondary N) is 1. The van der Waals surface area contributed by atoms with E-state index in [0.717, 1.165) is 0 Å². The number of aromatic nitrogens is 3. The molecule has 0 aliphatic rings. The number of nitrogens with zero attached hydrogens (tertiary/aromatic N) is 3. The number of carbonyl (C=O) groups excluding carboxylic acids is 2. The predicted octanol–water partition coefficient (Wildman–Crippen LogP) is 3.34. The van der Waals surface area contributed by atoms with E-state index < -0.39 is 0 Å². The molecule has 0 aliphatic carbocycles. The fourth-order valence-electron chi connectivity index (χ4n) is 2.58. The van der Waals surface area contributed by atoms with Crippen LogP contribution in [0.3, 0.4) is 0 Å². The van der Waals surface area contributed by atoms with Crippen molar-refractivity contribution < 1.29 is 19.1 Å². The van der Waals surface area contributed by atoms with E-state index in [1.807, 2.05) is 25.2 Å². The van der Waals surface area contributed by atoms with E-state index in [2.05, 4.69) is 15.5 Å². The Labute approximate surface area is 178 Å². The summed E-state index contributed by atoms with van der Waals surface area (Å²) in [4.78, 5) is 23.7. The summed E-state index contributed by atoms with van der Waals surface area (Å²) in [5.41, 5.74) is 1.13. The zero-order valence-electron chi connectivity index (χ0n) is 16.9. The van der Waals surface area contributed by atoms with Gasteiger partial charge in [-0.25, -0.2) is 0 Å². The van der Waals surface area contributed by atoms with Crippen molar-refractivity contribution in [2.24, 2.45) is 7.05 Å². The van der Waals surface area contributed by atoms with Crippen LogP contribution in [-0.4, -0.2) is 39.3 Å². The number of rotatable bonds is 9. The monoisotopic (exact) mass is 426 g/mol. The molecule has 0 saturated heterocycles. The lowest BCUT2D eigenvalue weighted by Crippen LogP contribution is -2.15. The van der Waals surface area contributed by atoms with Crippen LogP contribution in [0.1, 0.15) is 23.1 Å². The number of benzene rings is 2. The van der Waals surface area contributed by atoms with Crippen molar-refractivity contribution in [1.82, 2.24) is 14.8 Å². The van der Waals surface area contributed by atoms with Gasteiger partial charge < -0.3 is 19.4 Å². The van der Waals surface area contributed by atoms with Gasteiger partial charge in [0.15, 0.2) is 16.8 Å². The van der Waals surface area contributed by atoms with Gasteiger partial charge in [0.05, 0.1) is 12.9 Å². The van der Waals surface area contributed by atoms with E-state index in [0.29, 0.717) is 33.7 Å². The first-order valence-corrected chi connectivity index (χ1v) is 10.1. The maximum atomic E-state index is 12.2. The smallest absolute Gasteiger partial charge is 0.234 e. The van der Waals surface area contributed by atoms with E-state index in [-0.39, 0.29) is 24.1 Å². The summed E-state index contributed by atoms with van der Waals surface area (Å²) >= 11 is 1.27. The molecule has 1 heterocycles. The lowest BCUT2D eigenvalue weighted by molar-refractivity contribution is -0.113. The van der Waals surface area contributed by atoms with Crippen molar-refractivity contribution in [2.45, 2.75) is 18.7 Å². The Kier molecular flexibility index (Phi) is 7.08. The number of hydrogen-bond acceptors (Lipinski definition) is 7. The number of carbonyl (C=O) groups is 2. The number of ketones is 1. The molecule has 0 atom stereocenters. The largest absolute Gasteiger partial charge is 0.497 e. The molecule has 9 heteroatoms. The van der Waals surface area contributed by atoms with E-state index in [1.165, 1.54) is 18.7 Å². The van der Waals surface area contributed by atoms with Crippen LogP contribution in [0.2, 0.25) is 0 Å². The maximum Gasteiger partial charge on any atom is 0.234 e. The molecule has 0 radical (unpaired) electrons. The zero-order valence-corrected chi connectivity index (χ0v) is 17.7. The molecule has 8 nitrogen and oxygen atoms in total. The highest BCUT2D eigenvalue weighted by atomic mass is 32.2. The fraction of sp³-hybridized carbons (Fsp3) is 0.238. The van der Waals surface area contributed by atoms with Gasteiger partial charge in [-0.05, 0) is 31.2 Å². The second-order valence-corrected chi connectivity index (χ2v) is 7.34. The van der Waals surface area contributed by atoms with Crippen LogP contribution in [0.5, 0.6) is 11.5 Å². The average Bonchev–Trinajstić information content (AvgIpc) is 3.10. The molecule has 1 N–H and O–H groups in total. The molecule has 0 saturated carbocycles. The molecule has 0 unspecified atom stereocenters. The van der Waals surface area contributed by atoms with Gasteiger partial charge >= 0.3 is 0 Å². The minimum Gasteiger partial charge on any atom is -0.497 e. The Hall–Kier alpha value is -3.33. The molecule has 1 aromatic heterocycles. The number of anilines is 1. The molecular formula is C21H22N4O4S. The normalized spacial score (nSPS) is 10.5. The lowest BCUT2D eigenvalue weighted by Gasteiger charge is -2.08. The van der Waals surface area contributed by atoms with Crippen molar-refractivity contribution in [3.05, 3.63) is 59.9 Å². The molecule has 3 aromatic rings. The summed E-state index contributed by atoms with van der Waals surface area (Å²) in [5, 5.41) is 11.6. The third-order valence-electron chi connectivity index (χ3n) is 4.22. The van der Waals surface area contributed by atoms with Gasteiger partial charge in [0.1, 0.15) is 18.1 Å². The van der Waals surface area contributed by atoms with E-state index in [1.54, 1.807) is 42.0 Å². The summed E-state index contributed by atoms with van der Waals surface area (Å²) in [5.74, 6) is 1.92. The highest BCUT2D eigenvalue weighted by Crippen LogP contribution is 2.21. The molecule has 0 aliphatic heterocycles. The van der Waals surface area contributed by atoms with Crippen LogP contribution < -0.4 is 14.8 Å². The summed E-state index contributed by atoms with van der Waals surface area (Å²) in [6, 6.07) is 14.1. The van der Waals surface area contributed by atoms with E-state index >= 15 is 0 Å². The first kappa shape index (κ1) is 21.4. The summed E-state index contributed by atoms with van der Waals surface area (Å²) in [6.07, 6.45) is 0. The van der Waals surface area contributed by atoms with Crippen molar-refractivity contribution in [3.8, 4) is 11.5 Å². The molecule has 30 heavy (non-hydrogen) atoms. The molecule has 1 amide bonds. The van der Waals surface area contributed by atoms with Gasteiger partial charge in [-0.3, -0.25) is 9.59 Å². The Morgan fingerprint density at radius 2 is 1.87 bits per heavy atom. The van der Waals surface area contributed by atoms with Gasteiger partial charge in [0.25, 0.3) is 0 Å². The molecule has 3 rings (SSSR count). The number of ether oxygens (including phenoxy) is 2. The number of Topliss-reactive ketones (excluding diaryl/α,β-unsaturated/α-hetero) is 1. The van der Waals surface area contributed by atoms with Crippen LogP contribution >= 0.6 is 11.8 Å². The topological polar surface area (TPSA) is 95.3 Å². The molecule has 0 spiro atoms. The van der Waals surface area contributed by atoms with Crippen molar-refractivity contribution in [3.63, 3.8) is 0 Å². The Morgan fingerprint density at radius 1 is 1.10 bits per heavy atom. The Morgan fingerprint density at radius 3 is 2.63 bits per heavy atom. The fourth-order valence-corrected chi connectivity index (χ4v) is 3.31. The molecule has 156 valence electrons. The van der Waals surface area contributed by atoms with Crippen LogP contribution in [0.25, 0.3) is 0 Å². The molecular weight excluding hydrogens is 404 g/mol. The first-order valence-electron chi connectivity index (χ1n) is 9.15. The number of hydrogen-bond donors (Lipinski definition) is 1. The number of amides is 1. The van der Waals surface area contributed by atoms with Crippen LogP contribution in [0.15, 0.2) is 53.7 Å². The van der Waals surface area contributed by atoms with E-state index in [4.69, 9.17) is 9.47 Å². The summed E-state index contributed by atoms with van der Waals surface area (Å²) in [7, 11) is 3.42. The van der Waals surface area contributed by atoms with Crippen LogP contribution in [-0.2, 0) is 18.4 Å². The van der Waals surface area contributed by atoms with Gasteiger partial charge in [0, 0.05) is 24.4 Å². The van der Waals surface area contributed by atoms with Crippen LogP contribution in [0, 0.1) is 0 Å². The zero-order chi connectivity index (χ0) is 21.5. The van der Waals surface area contributed by atoms with Crippen molar-refractivity contribution in [1.29, 1.82) is 0 Å². The lowest BCUT2D eigenvalue weighted by atomic mass is 10.1. The van der Waals surface area contributed by atoms with Gasteiger partial charge in [-0.2, -0.15) is 0 Å². The number of thioether (sulfide) groups is 1. The van der Waals surface area contributed by atoms with Crippen molar-refractivity contribution >= 4 is 29.1 Å². The second-order valence-electron chi connectivity index (χ2n) is 6.40. The van der Waals surface area contributed by atoms with Crippen LogP contribution in [0.4, 0.5) is 5.69 Å².